The third-order valence-corrected chi connectivity index (χ3v) is 9.90. The zero-order valence-electron chi connectivity index (χ0n) is 22.7. The third-order valence-electron chi connectivity index (χ3n) is 6.51. The maximum atomic E-state index is 12.9. The van der Waals surface area contributed by atoms with E-state index in [1.165, 1.54) is 0 Å². The molecule has 0 saturated carbocycles. The van der Waals surface area contributed by atoms with Crippen molar-refractivity contribution >= 4 is 42.1 Å². The molecule has 7 heteroatoms. The number of ether oxygens (including phenoxy) is 2. The smallest absolute Gasteiger partial charge is 0.312 e. The van der Waals surface area contributed by atoms with Crippen LogP contribution in [0.4, 0.5) is 0 Å². The Kier molecular flexibility index (Phi) is 12.7. The van der Waals surface area contributed by atoms with Crippen LogP contribution < -0.4 is 0 Å². The van der Waals surface area contributed by atoms with E-state index in [-0.39, 0.29) is 28.2 Å². The van der Waals surface area contributed by atoms with Crippen molar-refractivity contribution in [2.24, 2.45) is 27.1 Å². The van der Waals surface area contributed by atoms with E-state index in [1.54, 1.807) is 21.6 Å². The number of carbonyl (C=O) groups is 2. The van der Waals surface area contributed by atoms with Gasteiger partial charge in [0.25, 0.3) is 0 Å². The van der Waals surface area contributed by atoms with Crippen LogP contribution in [0.25, 0.3) is 0 Å². The summed E-state index contributed by atoms with van der Waals surface area (Å²) >= 11 is 0. The van der Waals surface area contributed by atoms with Gasteiger partial charge in [-0.1, -0.05) is 83.9 Å². The predicted octanol–water partition coefficient (Wildman–Crippen LogP) is 7.30. The largest absolute Gasteiger partial charge is 0.464 e. The summed E-state index contributed by atoms with van der Waals surface area (Å²) in [5, 5.41) is 0. The first kappa shape index (κ1) is 32.1. The fraction of sp³-hybridized carbons (Fsp3) is 0.920. The van der Waals surface area contributed by atoms with Gasteiger partial charge in [-0.05, 0) is 49.3 Å². The highest BCUT2D eigenvalue weighted by atomic mass is 33.1. The zero-order chi connectivity index (χ0) is 25.4. The molecule has 0 aliphatic carbocycles. The maximum absolute atomic E-state index is 12.9. The standard InChI is InChI=1S/C25H49O4PS2/c1-21(2,3)17-24(10,22(4,5)6)19(26)28-13-15-31-32-16-14-29-20(27)25(11,18-30-12)23(7,8)9/h30H,13-18H2,1-12H3. The lowest BCUT2D eigenvalue weighted by Gasteiger charge is -2.43. The van der Waals surface area contributed by atoms with Gasteiger partial charge in [0.05, 0.1) is 10.8 Å². The Bertz CT molecular complexity index is 605. The van der Waals surface area contributed by atoms with Crippen molar-refractivity contribution in [2.75, 3.05) is 37.5 Å². The fourth-order valence-electron chi connectivity index (χ4n) is 3.47. The first-order chi connectivity index (χ1) is 14.3. The van der Waals surface area contributed by atoms with Gasteiger partial charge < -0.3 is 9.47 Å². The van der Waals surface area contributed by atoms with Gasteiger partial charge in [0, 0.05) is 11.5 Å². The molecule has 0 saturated heterocycles. The normalized spacial score (nSPS) is 17.1. The van der Waals surface area contributed by atoms with Gasteiger partial charge in [-0.3, -0.25) is 9.59 Å². The van der Waals surface area contributed by atoms with Crippen LogP contribution in [0, 0.1) is 27.1 Å². The predicted molar refractivity (Wildman–Crippen MR) is 145 cm³/mol. The summed E-state index contributed by atoms with van der Waals surface area (Å²) in [6, 6.07) is 0. The van der Waals surface area contributed by atoms with Crippen LogP contribution in [-0.4, -0.2) is 49.5 Å². The van der Waals surface area contributed by atoms with Crippen molar-refractivity contribution in [3.05, 3.63) is 0 Å². The molecule has 0 heterocycles. The molecule has 0 aliphatic heterocycles. The summed E-state index contributed by atoms with van der Waals surface area (Å²) in [6.45, 7) is 26.1. The second kappa shape index (κ2) is 12.7. The topological polar surface area (TPSA) is 52.6 Å². The van der Waals surface area contributed by atoms with Crippen LogP contribution in [0.2, 0.25) is 0 Å². The van der Waals surface area contributed by atoms with Gasteiger partial charge >= 0.3 is 11.9 Å². The Morgan fingerprint density at radius 2 is 1.06 bits per heavy atom. The average molecular weight is 509 g/mol. The maximum Gasteiger partial charge on any atom is 0.312 e. The molecule has 0 aromatic carbocycles. The molecule has 0 aromatic heterocycles. The summed E-state index contributed by atoms with van der Waals surface area (Å²) in [5.41, 5.74) is -1.25. The summed E-state index contributed by atoms with van der Waals surface area (Å²) < 4.78 is 11.3. The highest BCUT2D eigenvalue weighted by Gasteiger charge is 2.47. The highest BCUT2D eigenvalue weighted by molar-refractivity contribution is 8.76. The number of carbonyl (C=O) groups excluding carboxylic acids is 2. The molecule has 0 rings (SSSR count). The lowest BCUT2D eigenvalue weighted by molar-refractivity contribution is -0.164. The van der Waals surface area contributed by atoms with Crippen LogP contribution in [0.5, 0.6) is 0 Å². The van der Waals surface area contributed by atoms with Crippen molar-refractivity contribution < 1.29 is 19.1 Å². The van der Waals surface area contributed by atoms with Crippen molar-refractivity contribution in [1.82, 2.24) is 0 Å². The Morgan fingerprint density at radius 1 is 0.688 bits per heavy atom. The molecule has 0 bridgehead atoms. The van der Waals surface area contributed by atoms with E-state index in [1.807, 2.05) is 13.8 Å². The second-order valence-corrected chi connectivity index (χ2v) is 16.1. The lowest BCUT2D eigenvalue weighted by Crippen LogP contribution is -2.44. The molecule has 0 radical (unpaired) electrons. The molecule has 190 valence electrons. The summed E-state index contributed by atoms with van der Waals surface area (Å²) in [4.78, 5) is 25.6. The van der Waals surface area contributed by atoms with Gasteiger partial charge in [0.2, 0.25) is 0 Å². The van der Waals surface area contributed by atoms with E-state index in [9.17, 15) is 9.59 Å². The highest BCUT2D eigenvalue weighted by Crippen LogP contribution is 2.47. The minimum Gasteiger partial charge on any atom is -0.464 e. The lowest BCUT2D eigenvalue weighted by atomic mass is 9.61. The number of esters is 2. The average Bonchev–Trinajstić information content (AvgIpc) is 2.60. The monoisotopic (exact) mass is 508 g/mol. The molecule has 0 amide bonds. The number of hydrogen-bond acceptors (Lipinski definition) is 6. The van der Waals surface area contributed by atoms with Crippen molar-refractivity contribution in [1.29, 1.82) is 0 Å². The van der Waals surface area contributed by atoms with Gasteiger partial charge in [-0.25, -0.2) is 0 Å². The van der Waals surface area contributed by atoms with E-state index in [4.69, 9.17) is 9.47 Å². The van der Waals surface area contributed by atoms with Gasteiger partial charge in [0.15, 0.2) is 0 Å². The zero-order valence-corrected chi connectivity index (χ0v) is 25.3. The van der Waals surface area contributed by atoms with E-state index in [0.717, 1.165) is 24.1 Å². The van der Waals surface area contributed by atoms with Crippen LogP contribution in [0.3, 0.4) is 0 Å². The van der Waals surface area contributed by atoms with Crippen molar-refractivity contribution in [2.45, 2.75) is 82.6 Å². The quantitative estimate of drug-likeness (QED) is 0.119. The molecule has 32 heavy (non-hydrogen) atoms. The SMILES string of the molecule is CPCC(C)(C(=O)OCCSSCCOC(=O)C(C)(CC(C)(C)C)C(C)(C)C)C(C)(C)C. The van der Waals surface area contributed by atoms with Gasteiger partial charge in [0.1, 0.15) is 13.2 Å². The summed E-state index contributed by atoms with van der Waals surface area (Å²) in [5.74, 6) is 1.23. The third kappa shape index (κ3) is 9.74. The van der Waals surface area contributed by atoms with E-state index >= 15 is 0 Å². The van der Waals surface area contributed by atoms with Crippen LogP contribution in [0.1, 0.15) is 82.6 Å². The molecular formula is C25H49O4PS2. The molecule has 0 fully saturated rings. The van der Waals surface area contributed by atoms with Gasteiger partial charge in [-0.15, -0.1) is 8.58 Å². The minimum absolute atomic E-state index is 0.0454. The van der Waals surface area contributed by atoms with Crippen molar-refractivity contribution in [3.8, 4) is 0 Å². The number of hydrogen-bond donors (Lipinski definition) is 0. The van der Waals surface area contributed by atoms with E-state index in [2.05, 4.69) is 69.0 Å². The Hall–Kier alpha value is 0.0700. The van der Waals surface area contributed by atoms with E-state index in [0.29, 0.717) is 21.8 Å². The van der Waals surface area contributed by atoms with E-state index < -0.39 is 10.8 Å². The molecule has 4 nitrogen and oxygen atoms in total. The summed E-state index contributed by atoms with van der Waals surface area (Å²) in [6.07, 6.45) is 1.63. The van der Waals surface area contributed by atoms with Crippen LogP contribution in [-0.2, 0) is 19.1 Å². The fourth-order valence-corrected chi connectivity index (χ4v) is 6.51. The van der Waals surface area contributed by atoms with Crippen LogP contribution in [0.15, 0.2) is 0 Å². The Labute approximate surface area is 208 Å². The second-order valence-electron chi connectivity index (χ2n) is 12.3. The first-order valence-electron chi connectivity index (χ1n) is 11.6. The first-order valence-corrected chi connectivity index (χ1v) is 15.7. The van der Waals surface area contributed by atoms with Gasteiger partial charge in [-0.2, -0.15) is 0 Å². The molecule has 0 aliphatic rings. The molecule has 3 atom stereocenters. The minimum atomic E-state index is -0.532. The molecule has 3 unspecified atom stereocenters. The molecule has 0 aromatic rings. The van der Waals surface area contributed by atoms with Crippen LogP contribution >= 0.6 is 30.2 Å². The van der Waals surface area contributed by atoms with Crippen molar-refractivity contribution in [3.63, 3.8) is 0 Å². The number of rotatable bonds is 12. The summed E-state index contributed by atoms with van der Waals surface area (Å²) in [7, 11) is 4.02. The molecule has 0 N–H and O–H groups in total. The Morgan fingerprint density at radius 3 is 1.38 bits per heavy atom. The molecular weight excluding hydrogens is 459 g/mol. The molecule has 0 spiro atoms. The Balaban J connectivity index is 4.41.